The highest BCUT2D eigenvalue weighted by Gasteiger charge is 2.27. The third-order valence-electron chi connectivity index (χ3n) is 5.08. The summed E-state index contributed by atoms with van der Waals surface area (Å²) in [5, 5.41) is 0.395. The van der Waals surface area contributed by atoms with Gasteiger partial charge in [-0.15, -0.1) is 0 Å². The van der Waals surface area contributed by atoms with Gasteiger partial charge >= 0.3 is 0 Å². The molecule has 0 bridgehead atoms. The van der Waals surface area contributed by atoms with Crippen LogP contribution in [0.15, 0.2) is 64.2 Å². The van der Waals surface area contributed by atoms with E-state index in [0.29, 0.717) is 39.7 Å². The molecule has 0 saturated carbocycles. The van der Waals surface area contributed by atoms with Gasteiger partial charge in [0.25, 0.3) is 0 Å². The largest absolute Gasteiger partial charge is 0.495 e. The van der Waals surface area contributed by atoms with Crippen LogP contribution in [0.4, 0.5) is 0 Å². The minimum absolute atomic E-state index is 0.160. The van der Waals surface area contributed by atoms with Crippen LogP contribution in [0.3, 0.4) is 0 Å². The van der Waals surface area contributed by atoms with Crippen molar-refractivity contribution >= 4 is 17.0 Å². The minimum Gasteiger partial charge on any atom is -0.495 e. The summed E-state index contributed by atoms with van der Waals surface area (Å²) in [7, 11) is 1.55. The zero-order valence-electron chi connectivity index (χ0n) is 18.4. The van der Waals surface area contributed by atoms with Crippen LogP contribution in [0.2, 0.25) is 0 Å². The second-order valence-electron chi connectivity index (χ2n) is 8.43. The summed E-state index contributed by atoms with van der Waals surface area (Å²) in [6.45, 7) is 8.09. The van der Waals surface area contributed by atoms with E-state index >= 15 is 0 Å². The van der Waals surface area contributed by atoms with Crippen LogP contribution in [0.25, 0.3) is 28.2 Å². The topological polar surface area (TPSA) is 57.9 Å². The maximum Gasteiger partial charge on any atom is 0.204 e. The molecular formula is C26H26O5. The van der Waals surface area contributed by atoms with Crippen LogP contribution in [0.1, 0.15) is 33.3 Å². The van der Waals surface area contributed by atoms with Crippen molar-refractivity contribution in [3.63, 3.8) is 0 Å². The van der Waals surface area contributed by atoms with Crippen LogP contribution in [0.5, 0.6) is 17.2 Å². The molecule has 0 radical (unpaired) electrons. The number of allylic oxidation sites excluding steroid dienone is 1. The molecule has 0 N–H and O–H groups in total. The molecule has 0 aliphatic carbocycles. The average molecular weight is 418 g/mol. The van der Waals surface area contributed by atoms with Gasteiger partial charge in [0.2, 0.25) is 5.43 Å². The van der Waals surface area contributed by atoms with E-state index in [1.165, 1.54) is 6.26 Å². The Morgan fingerprint density at radius 2 is 1.87 bits per heavy atom. The van der Waals surface area contributed by atoms with Gasteiger partial charge in [0.15, 0.2) is 0 Å². The molecule has 0 saturated heterocycles. The molecule has 160 valence electrons. The Morgan fingerprint density at radius 1 is 1.13 bits per heavy atom. The van der Waals surface area contributed by atoms with E-state index in [2.05, 4.69) is 13.8 Å². The molecule has 2 heterocycles. The number of benzene rings is 2. The molecule has 1 aliphatic heterocycles. The van der Waals surface area contributed by atoms with E-state index in [4.69, 9.17) is 18.6 Å². The number of ether oxygens (including phenoxy) is 3. The summed E-state index contributed by atoms with van der Waals surface area (Å²) in [6, 6.07) is 9.08. The van der Waals surface area contributed by atoms with Gasteiger partial charge in [-0.05, 0) is 55.7 Å². The molecule has 3 aromatic rings. The SMILES string of the molecule is COc1c2c(cc3occ(-c4ccc(OC=CC(C)C)cc4)c(=O)c13)OC(C)(C)C=C2. The normalized spacial score (nSPS) is 14.6. The van der Waals surface area contributed by atoms with E-state index in [-0.39, 0.29) is 5.43 Å². The van der Waals surface area contributed by atoms with Gasteiger partial charge in [-0.25, -0.2) is 0 Å². The van der Waals surface area contributed by atoms with Crippen LogP contribution in [0, 0.1) is 5.92 Å². The van der Waals surface area contributed by atoms with E-state index in [0.717, 1.165) is 11.1 Å². The summed E-state index contributed by atoms with van der Waals surface area (Å²) in [5.74, 6) is 2.19. The predicted molar refractivity (Wildman–Crippen MR) is 123 cm³/mol. The Labute approximate surface area is 181 Å². The third kappa shape index (κ3) is 4.08. The molecule has 5 heteroatoms. The number of hydrogen-bond donors (Lipinski definition) is 0. The number of rotatable bonds is 5. The van der Waals surface area contributed by atoms with Gasteiger partial charge in [0, 0.05) is 6.07 Å². The lowest BCUT2D eigenvalue weighted by Gasteiger charge is -2.28. The highest BCUT2D eigenvalue weighted by atomic mass is 16.5. The standard InChI is InChI=1S/C26H26O5/c1-16(2)11-13-29-18-8-6-17(7-9-18)20-15-30-22-14-21-19(10-12-26(3,4)31-21)25(28-5)23(22)24(20)27/h6-16H,1-5H3. The minimum atomic E-state index is -0.444. The lowest BCUT2D eigenvalue weighted by molar-refractivity contribution is 0.158. The van der Waals surface area contributed by atoms with Crippen molar-refractivity contribution < 1.29 is 18.6 Å². The van der Waals surface area contributed by atoms with E-state index in [9.17, 15) is 4.79 Å². The van der Waals surface area contributed by atoms with Gasteiger partial charge in [-0.2, -0.15) is 0 Å². The van der Waals surface area contributed by atoms with Gasteiger partial charge < -0.3 is 18.6 Å². The second kappa shape index (κ2) is 7.99. The zero-order valence-corrected chi connectivity index (χ0v) is 18.4. The van der Waals surface area contributed by atoms with Crippen LogP contribution in [-0.4, -0.2) is 12.7 Å². The molecule has 0 unspecified atom stereocenters. The van der Waals surface area contributed by atoms with Crippen molar-refractivity contribution in [2.75, 3.05) is 7.11 Å². The van der Waals surface area contributed by atoms with E-state index in [1.807, 2.05) is 56.3 Å². The van der Waals surface area contributed by atoms with Crippen LogP contribution in [-0.2, 0) is 0 Å². The van der Waals surface area contributed by atoms with Crippen molar-refractivity contribution in [1.29, 1.82) is 0 Å². The average Bonchev–Trinajstić information content (AvgIpc) is 2.72. The molecule has 0 amide bonds. The Hall–Kier alpha value is -3.47. The van der Waals surface area contributed by atoms with Crippen molar-refractivity contribution in [2.24, 2.45) is 5.92 Å². The fraction of sp³-hybridized carbons (Fsp3) is 0.269. The molecule has 0 atom stereocenters. The van der Waals surface area contributed by atoms with Gasteiger partial charge in [-0.1, -0.05) is 26.0 Å². The van der Waals surface area contributed by atoms with Crippen molar-refractivity contribution in [1.82, 2.24) is 0 Å². The Kier molecular flexibility index (Phi) is 5.36. The van der Waals surface area contributed by atoms with Crippen LogP contribution < -0.4 is 19.6 Å². The second-order valence-corrected chi connectivity index (χ2v) is 8.43. The molecule has 4 rings (SSSR count). The van der Waals surface area contributed by atoms with Gasteiger partial charge in [-0.3, -0.25) is 4.79 Å². The highest BCUT2D eigenvalue weighted by Crippen LogP contribution is 2.41. The molecule has 31 heavy (non-hydrogen) atoms. The Morgan fingerprint density at radius 3 is 2.55 bits per heavy atom. The molecule has 2 aromatic carbocycles. The molecule has 0 spiro atoms. The zero-order chi connectivity index (χ0) is 22.2. The molecule has 0 fully saturated rings. The summed E-state index contributed by atoms with van der Waals surface area (Å²) in [6.07, 6.45) is 9.00. The summed E-state index contributed by atoms with van der Waals surface area (Å²) in [5.41, 5.74) is 1.75. The van der Waals surface area contributed by atoms with E-state index in [1.54, 1.807) is 19.4 Å². The first-order valence-electron chi connectivity index (χ1n) is 10.3. The fourth-order valence-electron chi connectivity index (χ4n) is 3.49. The smallest absolute Gasteiger partial charge is 0.204 e. The molecule has 1 aromatic heterocycles. The summed E-state index contributed by atoms with van der Waals surface area (Å²) in [4.78, 5) is 13.4. The first kappa shape index (κ1) is 20.8. The molecule has 1 aliphatic rings. The molecular weight excluding hydrogens is 392 g/mol. The third-order valence-corrected chi connectivity index (χ3v) is 5.08. The maximum atomic E-state index is 13.4. The van der Waals surface area contributed by atoms with Gasteiger partial charge in [0.1, 0.15) is 40.1 Å². The number of hydrogen-bond acceptors (Lipinski definition) is 5. The Bertz CT molecular complexity index is 1230. The molecule has 5 nitrogen and oxygen atoms in total. The van der Waals surface area contributed by atoms with Crippen LogP contribution >= 0.6 is 0 Å². The highest BCUT2D eigenvalue weighted by molar-refractivity contribution is 5.93. The number of methoxy groups -OCH3 is 1. The summed E-state index contributed by atoms with van der Waals surface area (Å²) < 4.78 is 23.1. The first-order valence-corrected chi connectivity index (χ1v) is 10.3. The Balaban J connectivity index is 1.77. The quantitative estimate of drug-likeness (QED) is 0.462. The monoisotopic (exact) mass is 418 g/mol. The van der Waals surface area contributed by atoms with Crippen molar-refractivity contribution in [3.05, 3.63) is 70.8 Å². The van der Waals surface area contributed by atoms with Crippen molar-refractivity contribution in [3.8, 4) is 28.4 Å². The lowest BCUT2D eigenvalue weighted by atomic mass is 9.98. The first-order chi connectivity index (χ1) is 14.8. The maximum absolute atomic E-state index is 13.4. The summed E-state index contributed by atoms with van der Waals surface area (Å²) >= 11 is 0. The predicted octanol–water partition coefficient (Wildman–Crippen LogP) is 6.20. The number of fused-ring (bicyclic) bond motifs is 2. The van der Waals surface area contributed by atoms with Gasteiger partial charge in [0.05, 0.1) is 24.5 Å². The fourth-order valence-corrected chi connectivity index (χ4v) is 3.49. The van der Waals surface area contributed by atoms with E-state index < -0.39 is 5.60 Å². The lowest BCUT2D eigenvalue weighted by Crippen LogP contribution is -2.27. The van der Waals surface area contributed by atoms with Crippen molar-refractivity contribution in [2.45, 2.75) is 33.3 Å².